The maximum atomic E-state index is 13.6. The van der Waals surface area contributed by atoms with Crippen LogP contribution in [-0.2, 0) is 30.4 Å². The number of hydrogen-bond donors (Lipinski definition) is 0. The van der Waals surface area contributed by atoms with E-state index in [9.17, 15) is 21.6 Å². The molecule has 2 aromatic carbocycles. The van der Waals surface area contributed by atoms with Crippen LogP contribution in [0.15, 0.2) is 42.0 Å². The summed E-state index contributed by atoms with van der Waals surface area (Å²) in [5, 5.41) is -1.62. The Morgan fingerprint density at radius 1 is 0.892 bits per heavy atom. The van der Waals surface area contributed by atoms with E-state index in [1.54, 1.807) is 12.1 Å². The maximum Gasteiger partial charge on any atom is 0.523 e. The predicted octanol–water partition coefficient (Wildman–Crippen LogP) is 8.09. The molecule has 8 heteroatoms. The lowest BCUT2D eigenvalue weighted by Crippen LogP contribution is -2.47. The first-order valence-electron chi connectivity index (χ1n) is 12.7. The van der Waals surface area contributed by atoms with Gasteiger partial charge in [-0.15, -0.1) is 0 Å². The third kappa shape index (κ3) is 5.34. The van der Waals surface area contributed by atoms with Crippen LogP contribution in [0.2, 0.25) is 13.1 Å². The number of rotatable bonds is 5. The van der Waals surface area contributed by atoms with E-state index < -0.39 is 29.6 Å². The van der Waals surface area contributed by atoms with Crippen molar-refractivity contribution in [3.8, 4) is 11.1 Å². The van der Waals surface area contributed by atoms with Gasteiger partial charge in [0, 0.05) is 0 Å². The first kappa shape index (κ1) is 29.6. The Balaban J connectivity index is 2.39. The Bertz CT molecular complexity index is 1300. The molecule has 204 valence electrons. The zero-order valence-electron chi connectivity index (χ0n) is 23.5. The van der Waals surface area contributed by atoms with Gasteiger partial charge in [-0.2, -0.15) is 21.6 Å². The SMILES string of the molecule is CC(C)C1=Cc2c(-c3cc(C(C)(C)C)cc(C(C)(C)C)c3)cccc2C1(OS(=O)(=O)C(F)(F)F)[SiH](C)C. The Hall–Kier alpha value is -1.90. The minimum atomic E-state index is -5.83. The zero-order valence-corrected chi connectivity index (χ0v) is 25.4. The second-order valence-corrected chi connectivity index (χ2v) is 17.4. The summed E-state index contributed by atoms with van der Waals surface area (Å²) >= 11 is 0. The van der Waals surface area contributed by atoms with Gasteiger partial charge in [0.05, 0.1) is 8.80 Å². The number of benzene rings is 2. The second-order valence-electron chi connectivity index (χ2n) is 12.7. The topological polar surface area (TPSA) is 43.4 Å². The lowest BCUT2D eigenvalue weighted by atomic mass is 9.78. The molecular weight excluding hydrogens is 513 g/mol. The van der Waals surface area contributed by atoms with E-state index in [0.29, 0.717) is 11.1 Å². The fourth-order valence-corrected chi connectivity index (χ4v) is 8.75. The van der Waals surface area contributed by atoms with Crippen LogP contribution in [0.5, 0.6) is 0 Å². The van der Waals surface area contributed by atoms with Gasteiger partial charge in [-0.3, -0.25) is 4.18 Å². The van der Waals surface area contributed by atoms with Crippen molar-refractivity contribution >= 4 is 25.0 Å². The van der Waals surface area contributed by atoms with E-state index in [0.717, 1.165) is 27.8 Å². The van der Waals surface area contributed by atoms with Crippen molar-refractivity contribution in [3.63, 3.8) is 0 Å². The molecule has 1 aliphatic rings. The molecule has 0 N–H and O–H groups in total. The van der Waals surface area contributed by atoms with Crippen molar-refractivity contribution in [2.75, 3.05) is 0 Å². The molecule has 0 spiro atoms. The largest absolute Gasteiger partial charge is 0.523 e. The summed E-state index contributed by atoms with van der Waals surface area (Å²) in [6.07, 6.45) is 1.87. The van der Waals surface area contributed by atoms with Crippen LogP contribution < -0.4 is 0 Å². The lowest BCUT2D eigenvalue weighted by molar-refractivity contribution is -0.0586. The van der Waals surface area contributed by atoms with Crippen LogP contribution in [0, 0.1) is 5.92 Å². The summed E-state index contributed by atoms with van der Waals surface area (Å²) in [5.41, 5.74) is 0.179. The van der Waals surface area contributed by atoms with Crippen LogP contribution in [-0.4, -0.2) is 22.7 Å². The van der Waals surface area contributed by atoms with Crippen LogP contribution in [0.1, 0.15) is 77.6 Å². The van der Waals surface area contributed by atoms with E-state index in [-0.39, 0.29) is 16.7 Å². The van der Waals surface area contributed by atoms with E-state index in [1.165, 1.54) is 0 Å². The molecule has 0 amide bonds. The second kappa shape index (κ2) is 9.38. The summed E-state index contributed by atoms with van der Waals surface area (Å²) in [4.78, 5) is 0. The molecule has 0 heterocycles. The Kier molecular flexibility index (Phi) is 7.52. The smallest absolute Gasteiger partial charge is 0.251 e. The molecule has 1 unspecified atom stereocenters. The summed E-state index contributed by atoms with van der Waals surface area (Å²) in [5.74, 6) is -0.218. The first-order chi connectivity index (χ1) is 16.6. The molecule has 0 saturated carbocycles. The standard InChI is InChI=1S/C29H39F3O3SSi/c1-18(2)25-17-23-22(19-14-20(26(3,4)5)16-21(15-19)27(6,7)8)12-11-13-24(23)28(25,37(9)10)35-36(33,34)29(30,31)32/h11-18,37H,1-10H3. The number of halogens is 3. The molecule has 3 rings (SSSR count). The Morgan fingerprint density at radius 2 is 1.41 bits per heavy atom. The molecule has 2 aromatic rings. The highest BCUT2D eigenvalue weighted by molar-refractivity contribution is 7.87. The highest BCUT2D eigenvalue weighted by Gasteiger charge is 2.57. The third-order valence-corrected chi connectivity index (χ3v) is 10.8. The molecule has 0 fully saturated rings. The van der Waals surface area contributed by atoms with Crippen molar-refractivity contribution in [3.05, 3.63) is 64.2 Å². The zero-order chi connectivity index (χ0) is 28.4. The molecule has 37 heavy (non-hydrogen) atoms. The summed E-state index contributed by atoms with van der Waals surface area (Å²) in [7, 11) is -8.07. The van der Waals surface area contributed by atoms with Gasteiger partial charge in [0.1, 0.15) is 5.22 Å². The van der Waals surface area contributed by atoms with Crippen molar-refractivity contribution in [1.29, 1.82) is 0 Å². The van der Waals surface area contributed by atoms with Crippen LogP contribution in [0.25, 0.3) is 17.2 Å². The molecule has 0 bridgehead atoms. The molecule has 0 aliphatic heterocycles. The van der Waals surface area contributed by atoms with Gasteiger partial charge in [-0.25, -0.2) is 0 Å². The average Bonchev–Trinajstić information content (AvgIpc) is 3.06. The molecule has 3 nitrogen and oxygen atoms in total. The van der Waals surface area contributed by atoms with E-state index in [1.807, 2.05) is 39.1 Å². The molecule has 0 aromatic heterocycles. The van der Waals surface area contributed by atoms with Gasteiger partial charge in [0.2, 0.25) is 0 Å². The monoisotopic (exact) mass is 552 g/mol. The normalized spacial score (nSPS) is 18.9. The molecule has 0 saturated heterocycles. The Morgan fingerprint density at radius 3 is 1.81 bits per heavy atom. The van der Waals surface area contributed by atoms with Crippen molar-refractivity contribution < 1.29 is 25.8 Å². The molecule has 1 atom stereocenters. The van der Waals surface area contributed by atoms with Gasteiger partial charge in [-0.1, -0.05) is 111 Å². The van der Waals surface area contributed by atoms with Crippen molar-refractivity contribution in [2.45, 2.75) is 90.0 Å². The van der Waals surface area contributed by atoms with E-state index in [2.05, 4.69) is 59.7 Å². The molecular formula is C29H39F3O3SSi. The summed E-state index contributed by atoms with van der Waals surface area (Å²) < 4.78 is 70.8. The predicted molar refractivity (Wildman–Crippen MR) is 149 cm³/mol. The fourth-order valence-electron chi connectivity index (χ4n) is 5.01. The minimum Gasteiger partial charge on any atom is -0.251 e. The van der Waals surface area contributed by atoms with Gasteiger partial charge >= 0.3 is 15.6 Å². The quantitative estimate of drug-likeness (QED) is 0.214. The number of alkyl halides is 3. The number of fused-ring (bicyclic) bond motifs is 1. The van der Waals surface area contributed by atoms with Gasteiger partial charge < -0.3 is 0 Å². The van der Waals surface area contributed by atoms with Gasteiger partial charge in [0.25, 0.3) is 0 Å². The fraction of sp³-hybridized carbons (Fsp3) is 0.517. The number of hydrogen-bond acceptors (Lipinski definition) is 3. The van der Waals surface area contributed by atoms with Crippen LogP contribution in [0.4, 0.5) is 13.2 Å². The van der Waals surface area contributed by atoms with E-state index in [4.69, 9.17) is 4.18 Å². The molecule has 0 radical (unpaired) electrons. The Labute approximate surface area is 221 Å². The molecule has 1 aliphatic carbocycles. The lowest BCUT2D eigenvalue weighted by Gasteiger charge is -2.38. The van der Waals surface area contributed by atoms with E-state index >= 15 is 0 Å². The highest BCUT2D eigenvalue weighted by Crippen LogP contribution is 2.52. The van der Waals surface area contributed by atoms with Gasteiger partial charge in [-0.05, 0) is 55.7 Å². The third-order valence-electron chi connectivity index (χ3n) is 7.17. The van der Waals surface area contributed by atoms with Crippen molar-refractivity contribution in [1.82, 2.24) is 0 Å². The summed E-state index contributed by atoms with van der Waals surface area (Å²) in [6, 6.07) is 12.0. The highest BCUT2D eigenvalue weighted by atomic mass is 32.2. The van der Waals surface area contributed by atoms with Gasteiger partial charge in [0.15, 0.2) is 0 Å². The van der Waals surface area contributed by atoms with Crippen LogP contribution in [0.3, 0.4) is 0 Å². The average molecular weight is 553 g/mol. The van der Waals surface area contributed by atoms with Crippen molar-refractivity contribution in [2.24, 2.45) is 5.92 Å². The van der Waals surface area contributed by atoms with Crippen LogP contribution >= 0.6 is 0 Å². The first-order valence-corrected chi connectivity index (χ1v) is 17.0. The minimum absolute atomic E-state index is 0.120. The maximum absolute atomic E-state index is 13.6. The summed E-state index contributed by atoms with van der Waals surface area (Å²) in [6.45, 7) is 20.3.